The molecule has 0 aromatic heterocycles. The normalized spacial score (nSPS) is 26.0. The van der Waals surface area contributed by atoms with E-state index in [1.807, 2.05) is 0 Å². The quantitative estimate of drug-likeness (QED) is 0.0199. The van der Waals surface area contributed by atoms with E-state index in [1.165, 1.54) is 180 Å². The van der Waals surface area contributed by atoms with Crippen molar-refractivity contribution in [3.8, 4) is 0 Å². The third-order valence-electron chi connectivity index (χ3n) is 20.9. The van der Waals surface area contributed by atoms with Crippen LogP contribution < -0.4 is 5.32 Å². The summed E-state index contributed by atoms with van der Waals surface area (Å²) in [6.45, 7) is 1.69. The average molecular weight is 1530 g/mol. The molecule has 3 rings (SSSR count). The standard InChI is InChI=1S/C89H155NO18/c1-3-5-7-9-11-13-15-17-19-21-23-25-27-29-31-33-35-37-38-40-42-44-46-48-50-52-54-56-58-60-62-64-66-73(94)72(90-77(95)67-65-63-61-59-57-55-53-51-49-47-45-43-41-39-36-34-32-30-28-26-24-22-20-18-16-14-12-10-8-6-4-2)71-103-87-83(101)80(98)85(75(69-92)105-87)108-89-84(102)81(99)86(76(70-93)106-89)107-88-82(100)79(97)78(96)74(68-91)104-88/h6,8,12,14,18,20,24,26,30,32,36,39,43,45,49,51,55,57,72-76,78-89,91-94,96-102H,3-5,7,9-11,13,15-17,19,21-23,25,27-29,31,33-35,37-38,40-42,44,46-48,50,52-54,56,58-71H2,1-2H3,(H,90,95)/b8-6-,14-12-,20-18-,26-24-,32-30-,39-36-,45-43-,51-49-,57-55-. The number of carbonyl (C=O) groups excluding carboxylic acids is 1. The van der Waals surface area contributed by atoms with Crippen LogP contribution in [-0.4, -0.2) is 193 Å². The number of ether oxygens (including phenoxy) is 6. The van der Waals surface area contributed by atoms with Gasteiger partial charge in [-0.15, -0.1) is 0 Å². The van der Waals surface area contributed by atoms with Crippen molar-refractivity contribution in [1.29, 1.82) is 0 Å². The van der Waals surface area contributed by atoms with Gasteiger partial charge in [0.05, 0.1) is 38.6 Å². The van der Waals surface area contributed by atoms with E-state index in [2.05, 4.69) is 129 Å². The van der Waals surface area contributed by atoms with E-state index in [1.54, 1.807) is 0 Å². The zero-order valence-electron chi connectivity index (χ0n) is 67.0. The van der Waals surface area contributed by atoms with Gasteiger partial charge in [0, 0.05) is 6.42 Å². The highest BCUT2D eigenvalue weighted by atomic mass is 16.8. The summed E-state index contributed by atoms with van der Waals surface area (Å²) in [5, 5.41) is 121. The fourth-order valence-corrected chi connectivity index (χ4v) is 14.0. The van der Waals surface area contributed by atoms with Crippen molar-refractivity contribution in [2.45, 2.75) is 420 Å². The SMILES string of the molecule is CC/C=C\C/C=C\C/C=C\C/C=C\C/C=C\C/C=C\C/C=C\C/C=C\C/C=C\CCCCCC(=O)NC(COC1OC(CO)C(OC2OC(CO)C(OC3OC(CO)C(O)C(O)C3O)C(O)C2O)C(O)C1O)C(O)CCCCCCCCCCCCCCCCCCCCCCCCCCCCCCCCCC. The molecule has 1 amide bonds. The van der Waals surface area contributed by atoms with Gasteiger partial charge in [-0.25, -0.2) is 0 Å². The molecule has 17 atom stereocenters. The van der Waals surface area contributed by atoms with Crippen LogP contribution in [0.3, 0.4) is 0 Å². The van der Waals surface area contributed by atoms with Crippen LogP contribution in [0.5, 0.6) is 0 Å². The molecule has 3 saturated heterocycles. The van der Waals surface area contributed by atoms with Crippen molar-refractivity contribution < 1.29 is 89.4 Å². The summed E-state index contributed by atoms with van der Waals surface area (Å²) in [6.07, 6.45) is 67.5. The van der Waals surface area contributed by atoms with Gasteiger partial charge >= 0.3 is 0 Å². The molecule has 0 bridgehead atoms. The van der Waals surface area contributed by atoms with E-state index < -0.39 is 124 Å². The Hall–Kier alpha value is -3.55. The smallest absolute Gasteiger partial charge is 0.220 e. The van der Waals surface area contributed by atoms with Gasteiger partial charge in [-0.05, 0) is 83.5 Å². The molecule has 0 spiro atoms. The second-order valence-electron chi connectivity index (χ2n) is 30.3. The molecule has 17 unspecified atom stereocenters. The topological polar surface area (TPSA) is 307 Å². The van der Waals surface area contributed by atoms with Gasteiger partial charge in [0.2, 0.25) is 5.91 Å². The largest absolute Gasteiger partial charge is 0.394 e. The first kappa shape index (κ1) is 98.6. The number of carbonyl (C=O) groups is 1. The summed E-state index contributed by atoms with van der Waals surface area (Å²) in [5.41, 5.74) is 0. The first-order chi connectivity index (χ1) is 52.8. The number of nitrogens with one attached hydrogen (secondary N) is 1. The van der Waals surface area contributed by atoms with Crippen molar-refractivity contribution in [2.24, 2.45) is 0 Å². The number of aliphatic hydroxyl groups excluding tert-OH is 11. The molecule has 3 aliphatic heterocycles. The average Bonchev–Trinajstić information content (AvgIpc) is 0.779. The Balaban J connectivity index is 1.37. The van der Waals surface area contributed by atoms with Crippen molar-refractivity contribution >= 4 is 5.91 Å². The van der Waals surface area contributed by atoms with Crippen LogP contribution in [-0.2, 0) is 33.2 Å². The number of hydrogen-bond acceptors (Lipinski definition) is 18. The maximum Gasteiger partial charge on any atom is 0.220 e. The van der Waals surface area contributed by atoms with Gasteiger partial charge in [0.1, 0.15) is 73.2 Å². The fraction of sp³-hybridized carbons (Fsp3) is 0.787. The lowest BCUT2D eigenvalue weighted by Crippen LogP contribution is -2.66. The Morgan fingerprint density at radius 1 is 0.343 bits per heavy atom. The first-order valence-corrected chi connectivity index (χ1v) is 43.1. The molecular weight excluding hydrogens is 1370 g/mol. The van der Waals surface area contributed by atoms with Crippen LogP contribution in [0.2, 0.25) is 0 Å². The van der Waals surface area contributed by atoms with Gasteiger partial charge < -0.3 is 89.9 Å². The molecule has 3 heterocycles. The number of allylic oxidation sites excluding steroid dienone is 18. The summed E-state index contributed by atoms with van der Waals surface area (Å²) < 4.78 is 34.5. The van der Waals surface area contributed by atoms with Gasteiger partial charge in [-0.2, -0.15) is 0 Å². The van der Waals surface area contributed by atoms with E-state index in [-0.39, 0.29) is 18.9 Å². The van der Waals surface area contributed by atoms with E-state index in [4.69, 9.17) is 28.4 Å². The molecule has 19 heteroatoms. The summed E-state index contributed by atoms with van der Waals surface area (Å²) in [6, 6.07) is -0.916. The van der Waals surface area contributed by atoms with Gasteiger partial charge in [-0.1, -0.05) is 335 Å². The van der Waals surface area contributed by atoms with Crippen LogP contribution in [0, 0.1) is 0 Å². The number of amides is 1. The summed E-state index contributed by atoms with van der Waals surface area (Å²) in [4.78, 5) is 13.5. The predicted molar refractivity (Wildman–Crippen MR) is 434 cm³/mol. The molecule has 3 aliphatic rings. The van der Waals surface area contributed by atoms with Crippen LogP contribution in [0.4, 0.5) is 0 Å². The molecule has 0 radical (unpaired) electrons. The van der Waals surface area contributed by atoms with Gasteiger partial charge in [-0.3, -0.25) is 4.79 Å². The zero-order valence-corrected chi connectivity index (χ0v) is 67.0. The second-order valence-corrected chi connectivity index (χ2v) is 30.3. The van der Waals surface area contributed by atoms with Crippen LogP contribution in [0.1, 0.15) is 316 Å². The molecule has 108 heavy (non-hydrogen) atoms. The summed E-state index contributed by atoms with van der Waals surface area (Å²) >= 11 is 0. The lowest BCUT2D eigenvalue weighted by atomic mass is 9.96. The molecule has 0 aromatic rings. The minimum atomic E-state index is -1.98. The van der Waals surface area contributed by atoms with E-state index >= 15 is 0 Å². The maximum absolute atomic E-state index is 13.5. The zero-order chi connectivity index (χ0) is 78.1. The van der Waals surface area contributed by atoms with Crippen molar-refractivity contribution in [2.75, 3.05) is 26.4 Å². The molecule has 3 fully saturated rings. The first-order valence-electron chi connectivity index (χ1n) is 43.1. The predicted octanol–water partition coefficient (Wildman–Crippen LogP) is 15.7. The highest BCUT2D eigenvalue weighted by Gasteiger charge is 2.54. The number of rotatable bonds is 68. The Kier molecular flexibility index (Phi) is 62.0. The molecule has 0 aliphatic carbocycles. The van der Waals surface area contributed by atoms with E-state index in [0.29, 0.717) is 19.3 Å². The Morgan fingerprint density at radius 2 is 0.639 bits per heavy atom. The van der Waals surface area contributed by atoms with Crippen LogP contribution >= 0.6 is 0 Å². The molecule has 12 N–H and O–H groups in total. The lowest BCUT2D eigenvalue weighted by Gasteiger charge is -2.48. The number of aliphatic hydroxyl groups is 11. The molecule has 19 nitrogen and oxygen atoms in total. The molecule has 0 aromatic carbocycles. The van der Waals surface area contributed by atoms with Gasteiger partial charge in [0.25, 0.3) is 0 Å². The van der Waals surface area contributed by atoms with Crippen molar-refractivity contribution in [1.82, 2.24) is 5.32 Å². The molecule has 624 valence electrons. The highest BCUT2D eigenvalue weighted by Crippen LogP contribution is 2.33. The summed E-state index contributed by atoms with van der Waals surface area (Å²) in [7, 11) is 0. The Bertz CT molecular complexity index is 2380. The second kappa shape index (κ2) is 67.9. The third-order valence-corrected chi connectivity index (χ3v) is 20.9. The van der Waals surface area contributed by atoms with E-state index in [0.717, 1.165) is 96.3 Å². The Labute approximate surface area is 653 Å². The molecular formula is C89H155NO18. The highest BCUT2D eigenvalue weighted by molar-refractivity contribution is 5.76. The van der Waals surface area contributed by atoms with Crippen LogP contribution in [0.15, 0.2) is 109 Å². The van der Waals surface area contributed by atoms with Crippen LogP contribution in [0.25, 0.3) is 0 Å². The monoisotopic (exact) mass is 1530 g/mol. The number of hydrogen-bond donors (Lipinski definition) is 12. The Morgan fingerprint density at radius 3 is 0.991 bits per heavy atom. The summed E-state index contributed by atoms with van der Waals surface area (Å²) in [5.74, 6) is -0.275. The van der Waals surface area contributed by atoms with Gasteiger partial charge in [0.15, 0.2) is 18.9 Å². The third kappa shape index (κ3) is 46.6. The van der Waals surface area contributed by atoms with E-state index in [9.17, 15) is 61.0 Å². The van der Waals surface area contributed by atoms with Crippen molar-refractivity contribution in [3.05, 3.63) is 109 Å². The molecule has 0 saturated carbocycles. The maximum atomic E-state index is 13.5. The van der Waals surface area contributed by atoms with Crippen molar-refractivity contribution in [3.63, 3.8) is 0 Å². The minimum Gasteiger partial charge on any atom is -0.394 e. The minimum absolute atomic E-state index is 0.220. The fourth-order valence-electron chi connectivity index (χ4n) is 14.0. The number of unbranched alkanes of at least 4 members (excludes halogenated alkanes) is 34. The lowest BCUT2D eigenvalue weighted by molar-refractivity contribution is -0.379.